The van der Waals surface area contributed by atoms with Crippen molar-refractivity contribution < 1.29 is 4.42 Å². The van der Waals surface area contributed by atoms with Gasteiger partial charge in [-0.3, -0.25) is 0 Å². The average Bonchev–Trinajstić information content (AvgIpc) is 3.59. The Morgan fingerprint density at radius 3 is 1.56 bits per heavy atom. The Labute approximate surface area is 302 Å². The second-order valence-electron chi connectivity index (χ2n) is 13.3. The fourth-order valence-electron chi connectivity index (χ4n) is 7.84. The van der Waals surface area contributed by atoms with Gasteiger partial charge in [0.15, 0.2) is 0 Å². The number of fused-ring (bicyclic) bond motifs is 6. The Morgan fingerprint density at radius 1 is 0.308 bits per heavy atom. The predicted molar refractivity (Wildman–Crippen MR) is 220 cm³/mol. The number of hydrogen-bond acceptors (Lipinski definition) is 2. The predicted octanol–water partition coefficient (Wildman–Crippen LogP) is 14.4. The normalized spacial score (nSPS) is 11.5. The van der Waals surface area contributed by atoms with Gasteiger partial charge in [0.05, 0.1) is 5.69 Å². The maximum atomic E-state index is 6.45. The van der Waals surface area contributed by atoms with Crippen LogP contribution in [0.3, 0.4) is 0 Å². The third kappa shape index (κ3) is 5.04. The molecule has 9 aromatic carbocycles. The monoisotopic (exact) mass is 663 g/mol. The van der Waals surface area contributed by atoms with E-state index in [0.29, 0.717) is 0 Å². The molecule has 0 saturated carbocycles. The van der Waals surface area contributed by atoms with Gasteiger partial charge in [-0.15, -0.1) is 0 Å². The molecule has 2 heteroatoms. The first-order valence-corrected chi connectivity index (χ1v) is 17.8. The summed E-state index contributed by atoms with van der Waals surface area (Å²) in [6.45, 7) is 0. The Hall–Kier alpha value is -6.90. The molecule has 52 heavy (non-hydrogen) atoms. The van der Waals surface area contributed by atoms with Crippen LogP contribution in [-0.2, 0) is 0 Å². The SMILES string of the molecule is c1ccc(-c2ccccc2-c2ccccc2-c2ccc(N(c3ccccc3)c3cc4ccccc4c4cc5c(cc34)oc3ccccc35)cc2)cc1. The molecule has 0 aliphatic heterocycles. The van der Waals surface area contributed by atoms with Crippen LogP contribution in [0.2, 0.25) is 0 Å². The van der Waals surface area contributed by atoms with Crippen molar-refractivity contribution in [3.8, 4) is 33.4 Å². The van der Waals surface area contributed by atoms with Crippen LogP contribution in [-0.4, -0.2) is 0 Å². The lowest BCUT2D eigenvalue weighted by atomic mass is 9.89. The molecule has 0 spiro atoms. The van der Waals surface area contributed by atoms with Gasteiger partial charge in [0.2, 0.25) is 0 Å². The molecule has 0 aliphatic rings. The Kier molecular flexibility index (Phi) is 7.18. The minimum absolute atomic E-state index is 0.890. The van der Waals surface area contributed by atoms with Gasteiger partial charge in [-0.25, -0.2) is 0 Å². The molecule has 1 aromatic heterocycles. The number of nitrogens with zero attached hydrogens (tertiary/aromatic N) is 1. The number of hydrogen-bond donors (Lipinski definition) is 0. The van der Waals surface area contributed by atoms with E-state index in [1.807, 2.05) is 6.07 Å². The molecule has 0 atom stereocenters. The lowest BCUT2D eigenvalue weighted by Gasteiger charge is -2.28. The average molecular weight is 664 g/mol. The molecule has 1 heterocycles. The molecule has 0 aliphatic carbocycles. The summed E-state index contributed by atoms with van der Waals surface area (Å²) in [4.78, 5) is 2.38. The summed E-state index contributed by atoms with van der Waals surface area (Å²) < 4.78 is 6.45. The fourth-order valence-corrected chi connectivity index (χ4v) is 7.84. The number of para-hydroxylation sites is 2. The molecule has 2 nitrogen and oxygen atoms in total. The minimum Gasteiger partial charge on any atom is -0.456 e. The highest BCUT2D eigenvalue weighted by Gasteiger charge is 2.20. The highest BCUT2D eigenvalue weighted by atomic mass is 16.3. The molecule has 0 amide bonds. The standard InChI is InChI=1S/C50H33NO/c1-3-15-34(16-4-1)39-20-9-11-23-42(39)43-24-12-10-21-40(43)35-27-29-38(30-28-35)51(37-18-5-2-6-19-37)48-31-36-17-7-8-22-41(36)45-32-47-44-25-13-14-26-49(44)52-50(47)33-46(45)48/h1-33H. The number of rotatable bonds is 6. The summed E-state index contributed by atoms with van der Waals surface area (Å²) in [6.07, 6.45) is 0. The van der Waals surface area contributed by atoms with E-state index in [-0.39, 0.29) is 0 Å². The Bertz CT molecular complexity index is 2890. The highest BCUT2D eigenvalue weighted by Crippen LogP contribution is 2.45. The van der Waals surface area contributed by atoms with Gasteiger partial charge >= 0.3 is 0 Å². The second kappa shape index (κ2) is 12.5. The molecule has 0 radical (unpaired) electrons. The highest BCUT2D eigenvalue weighted by molar-refractivity contribution is 6.20. The minimum atomic E-state index is 0.890. The second-order valence-corrected chi connectivity index (χ2v) is 13.3. The van der Waals surface area contributed by atoms with E-state index in [2.05, 4.69) is 199 Å². The number of furan rings is 1. The molecule has 0 bridgehead atoms. The van der Waals surface area contributed by atoms with Crippen LogP contribution in [0.1, 0.15) is 0 Å². The first kappa shape index (κ1) is 30.0. The van der Waals surface area contributed by atoms with Gasteiger partial charge in [-0.05, 0) is 98.1 Å². The van der Waals surface area contributed by atoms with Crippen molar-refractivity contribution in [2.45, 2.75) is 0 Å². The zero-order valence-corrected chi connectivity index (χ0v) is 28.4. The Balaban J connectivity index is 1.15. The zero-order chi connectivity index (χ0) is 34.4. The molecule has 0 N–H and O–H groups in total. The molecule has 10 rings (SSSR count). The van der Waals surface area contributed by atoms with Crippen LogP contribution >= 0.6 is 0 Å². The first-order valence-electron chi connectivity index (χ1n) is 17.8. The number of benzene rings is 9. The summed E-state index contributed by atoms with van der Waals surface area (Å²) >= 11 is 0. The van der Waals surface area contributed by atoms with E-state index >= 15 is 0 Å². The van der Waals surface area contributed by atoms with E-state index in [9.17, 15) is 0 Å². The molecule has 0 saturated heterocycles. The fraction of sp³-hybridized carbons (Fsp3) is 0. The molecular weight excluding hydrogens is 631 g/mol. The van der Waals surface area contributed by atoms with Gasteiger partial charge < -0.3 is 9.32 Å². The number of anilines is 3. The van der Waals surface area contributed by atoms with Crippen molar-refractivity contribution in [2.24, 2.45) is 0 Å². The summed E-state index contributed by atoms with van der Waals surface area (Å²) in [7, 11) is 0. The molecular formula is C50H33NO. The summed E-state index contributed by atoms with van der Waals surface area (Å²) in [6, 6.07) is 71.7. The zero-order valence-electron chi connectivity index (χ0n) is 28.4. The maximum absolute atomic E-state index is 6.45. The lowest BCUT2D eigenvalue weighted by molar-refractivity contribution is 0.669. The summed E-state index contributed by atoms with van der Waals surface area (Å²) in [5.74, 6) is 0. The van der Waals surface area contributed by atoms with Crippen molar-refractivity contribution >= 4 is 60.5 Å². The van der Waals surface area contributed by atoms with Gasteiger partial charge in [0.1, 0.15) is 11.2 Å². The summed E-state index contributed by atoms with van der Waals surface area (Å²) in [5, 5.41) is 7.03. The van der Waals surface area contributed by atoms with Crippen LogP contribution in [0.25, 0.3) is 76.9 Å². The van der Waals surface area contributed by atoms with Crippen molar-refractivity contribution in [2.75, 3.05) is 4.90 Å². The van der Waals surface area contributed by atoms with Crippen molar-refractivity contribution in [3.63, 3.8) is 0 Å². The van der Waals surface area contributed by atoms with Gasteiger partial charge in [0.25, 0.3) is 0 Å². The van der Waals surface area contributed by atoms with Gasteiger partial charge in [-0.2, -0.15) is 0 Å². The molecule has 244 valence electrons. The van der Waals surface area contributed by atoms with Crippen molar-refractivity contribution in [3.05, 3.63) is 200 Å². The van der Waals surface area contributed by atoms with E-state index in [4.69, 9.17) is 4.42 Å². The van der Waals surface area contributed by atoms with E-state index in [1.165, 1.54) is 49.5 Å². The quantitative estimate of drug-likeness (QED) is 0.165. The van der Waals surface area contributed by atoms with Crippen LogP contribution < -0.4 is 4.90 Å². The largest absolute Gasteiger partial charge is 0.456 e. The first-order chi connectivity index (χ1) is 25.8. The summed E-state index contributed by atoms with van der Waals surface area (Å²) in [5.41, 5.74) is 12.3. The van der Waals surface area contributed by atoms with E-state index in [1.54, 1.807) is 0 Å². The van der Waals surface area contributed by atoms with E-state index < -0.39 is 0 Å². The molecule has 10 aromatic rings. The molecule has 0 unspecified atom stereocenters. The van der Waals surface area contributed by atoms with Crippen LogP contribution in [0, 0.1) is 0 Å². The third-order valence-electron chi connectivity index (χ3n) is 10.3. The van der Waals surface area contributed by atoms with Gasteiger partial charge in [-0.1, -0.05) is 152 Å². The van der Waals surface area contributed by atoms with E-state index in [0.717, 1.165) is 44.4 Å². The van der Waals surface area contributed by atoms with Crippen LogP contribution in [0.4, 0.5) is 17.1 Å². The molecule has 0 fully saturated rings. The Morgan fingerprint density at radius 2 is 0.846 bits per heavy atom. The van der Waals surface area contributed by atoms with Crippen LogP contribution in [0.5, 0.6) is 0 Å². The lowest BCUT2D eigenvalue weighted by Crippen LogP contribution is -2.10. The maximum Gasteiger partial charge on any atom is 0.136 e. The van der Waals surface area contributed by atoms with Crippen molar-refractivity contribution in [1.29, 1.82) is 0 Å². The third-order valence-corrected chi connectivity index (χ3v) is 10.3. The van der Waals surface area contributed by atoms with Gasteiger partial charge in [0, 0.05) is 27.5 Å². The van der Waals surface area contributed by atoms with Crippen molar-refractivity contribution in [1.82, 2.24) is 0 Å². The smallest absolute Gasteiger partial charge is 0.136 e. The van der Waals surface area contributed by atoms with Crippen LogP contribution in [0.15, 0.2) is 205 Å². The topological polar surface area (TPSA) is 16.4 Å².